The van der Waals surface area contributed by atoms with Crippen LogP contribution in [0.2, 0.25) is 0 Å². The minimum Gasteiger partial charge on any atom is -0.461 e. The summed E-state index contributed by atoms with van der Waals surface area (Å²) in [6.07, 6.45) is 10.9. The highest BCUT2D eigenvalue weighted by Crippen LogP contribution is 2.73. The van der Waals surface area contributed by atoms with Crippen LogP contribution in [0.1, 0.15) is 113 Å². The second kappa shape index (κ2) is 9.69. The highest BCUT2D eigenvalue weighted by molar-refractivity contribution is 5.96. The number of cyclic esters (lactones) is 1. The van der Waals surface area contributed by atoms with Crippen LogP contribution in [0.3, 0.4) is 0 Å². The molecular formula is C34H52O6. The average Bonchev–Trinajstić information content (AvgIpc) is 3.08. The fourth-order valence-electron chi connectivity index (χ4n) is 10.7. The second-order valence-electron chi connectivity index (χ2n) is 15.5. The summed E-state index contributed by atoms with van der Waals surface area (Å²) in [5.41, 5.74) is 0.403. The van der Waals surface area contributed by atoms with Gasteiger partial charge >= 0.3 is 11.9 Å². The minimum atomic E-state index is -1.70. The lowest BCUT2D eigenvalue weighted by Gasteiger charge is -2.69. The molecular weight excluding hydrogens is 504 g/mol. The van der Waals surface area contributed by atoms with Crippen LogP contribution in [-0.2, 0) is 19.1 Å². The van der Waals surface area contributed by atoms with Gasteiger partial charge in [0.05, 0.1) is 18.1 Å². The first-order chi connectivity index (χ1) is 18.5. The Hall–Kier alpha value is -1.66. The Morgan fingerprint density at radius 3 is 2.45 bits per heavy atom. The third kappa shape index (κ3) is 4.25. The first kappa shape index (κ1) is 29.8. The van der Waals surface area contributed by atoms with Gasteiger partial charge < -0.3 is 19.7 Å². The van der Waals surface area contributed by atoms with Crippen molar-refractivity contribution < 1.29 is 29.3 Å². The molecule has 0 saturated heterocycles. The third-order valence-electron chi connectivity index (χ3n) is 12.6. The van der Waals surface area contributed by atoms with E-state index in [0.29, 0.717) is 41.2 Å². The van der Waals surface area contributed by atoms with Crippen molar-refractivity contribution in [1.29, 1.82) is 0 Å². The molecule has 5 rings (SSSR count). The Balaban J connectivity index is 1.58. The standard InChI is InChI=1S/C34H52O6/c1-9-30(4)14-10-15-31(5)23(30)13-16-32(6)24-12-11-22-28(29(37)40-34(22,8)38)33(24,7)26(19-25(31)32)39-27(36)18-21(35)17-20(2)3/h11-12,20-21,23-26,35,38H,9-10,13-19H2,1-8H3/t21?,23?,24?,25?,26-,30+,31+,32+,33-,34+/m1/s1. The van der Waals surface area contributed by atoms with Crippen LogP contribution in [-0.4, -0.2) is 40.1 Å². The predicted octanol–water partition coefficient (Wildman–Crippen LogP) is 6.49. The monoisotopic (exact) mass is 556 g/mol. The maximum absolute atomic E-state index is 13.4. The average molecular weight is 557 g/mol. The minimum absolute atomic E-state index is 0.0510. The summed E-state index contributed by atoms with van der Waals surface area (Å²) in [5.74, 6) is -1.51. The Kier molecular flexibility index (Phi) is 7.22. The van der Waals surface area contributed by atoms with Crippen molar-refractivity contribution in [3.63, 3.8) is 0 Å². The smallest absolute Gasteiger partial charge is 0.338 e. The molecule has 5 aliphatic rings. The topological polar surface area (TPSA) is 93.1 Å². The van der Waals surface area contributed by atoms with E-state index in [1.807, 2.05) is 19.9 Å². The fourth-order valence-corrected chi connectivity index (χ4v) is 10.7. The van der Waals surface area contributed by atoms with Gasteiger partial charge in [0.2, 0.25) is 5.79 Å². The molecule has 2 N–H and O–H groups in total. The van der Waals surface area contributed by atoms with Gasteiger partial charge in [0.1, 0.15) is 6.10 Å². The molecule has 1 aliphatic heterocycles. The lowest BCUT2D eigenvalue weighted by Crippen LogP contribution is -2.65. The van der Waals surface area contributed by atoms with Gasteiger partial charge in [-0.25, -0.2) is 4.79 Å². The molecule has 1 heterocycles. The molecule has 10 atom stereocenters. The van der Waals surface area contributed by atoms with Gasteiger partial charge in [-0.2, -0.15) is 0 Å². The lowest BCUT2D eigenvalue weighted by atomic mass is 9.35. The molecule has 4 aliphatic carbocycles. The van der Waals surface area contributed by atoms with Crippen molar-refractivity contribution in [2.45, 2.75) is 131 Å². The van der Waals surface area contributed by atoms with E-state index in [2.05, 4.69) is 40.7 Å². The molecule has 0 radical (unpaired) electrons. The molecule has 6 nitrogen and oxygen atoms in total. The summed E-state index contributed by atoms with van der Waals surface area (Å²) in [6, 6.07) is 0. The second-order valence-corrected chi connectivity index (χ2v) is 15.5. The van der Waals surface area contributed by atoms with Crippen LogP contribution in [0.5, 0.6) is 0 Å². The van der Waals surface area contributed by atoms with Gasteiger partial charge in [-0.05, 0) is 78.4 Å². The van der Waals surface area contributed by atoms with Crippen molar-refractivity contribution in [1.82, 2.24) is 0 Å². The first-order valence-electron chi connectivity index (χ1n) is 15.8. The van der Waals surface area contributed by atoms with Crippen LogP contribution in [0.25, 0.3) is 0 Å². The third-order valence-corrected chi connectivity index (χ3v) is 12.6. The number of ether oxygens (including phenoxy) is 2. The molecule has 0 bridgehead atoms. The molecule has 224 valence electrons. The summed E-state index contributed by atoms with van der Waals surface area (Å²) >= 11 is 0. The number of carbonyl (C=O) groups excluding carboxylic acids is 2. The van der Waals surface area contributed by atoms with E-state index in [0.717, 1.165) is 12.8 Å². The van der Waals surface area contributed by atoms with Crippen LogP contribution in [0, 0.1) is 45.3 Å². The number of hydrogen-bond donors (Lipinski definition) is 2. The number of rotatable bonds is 6. The molecule has 0 spiro atoms. The van der Waals surface area contributed by atoms with Crippen molar-refractivity contribution in [2.24, 2.45) is 45.3 Å². The van der Waals surface area contributed by atoms with E-state index in [1.165, 1.54) is 32.6 Å². The Morgan fingerprint density at radius 1 is 1.10 bits per heavy atom. The molecule has 40 heavy (non-hydrogen) atoms. The number of esters is 2. The summed E-state index contributed by atoms with van der Waals surface area (Å²) in [7, 11) is 0. The molecule has 6 heteroatoms. The number of hydrogen-bond acceptors (Lipinski definition) is 6. The van der Waals surface area contributed by atoms with E-state index in [4.69, 9.17) is 9.47 Å². The van der Waals surface area contributed by atoms with Gasteiger partial charge in [-0.3, -0.25) is 4.79 Å². The summed E-state index contributed by atoms with van der Waals surface area (Å²) in [4.78, 5) is 26.8. The van der Waals surface area contributed by atoms with E-state index in [-0.39, 0.29) is 29.1 Å². The number of aliphatic hydroxyl groups is 2. The normalized spacial score (nSPS) is 46.7. The zero-order valence-corrected chi connectivity index (χ0v) is 26.0. The van der Waals surface area contributed by atoms with Crippen LogP contribution < -0.4 is 0 Å². The SMILES string of the molecule is CC[C@@]1(C)CCC[C@@]2(C)C1CC[C@]1(C)C2C[C@@H](OC(=O)CC(O)CC(C)C)[C@]2(C)C3=C(C=CC12)[C@@](C)(O)OC3=O. The van der Waals surface area contributed by atoms with Gasteiger partial charge in [0, 0.05) is 17.9 Å². The Bertz CT molecular complexity index is 1120. The largest absolute Gasteiger partial charge is 0.461 e. The van der Waals surface area contributed by atoms with E-state index < -0.39 is 35.3 Å². The summed E-state index contributed by atoms with van der Waals surface area (Å²) < 4.78 is 11.9. The quantitative estimate of drug-likeness (QED) is 0.363. The first-order valence-corrected chi connectivity index (χ1v) is 15.8. The van der Waals surface area contributed by atoms with Crippen LogP contribution >= 0.6 is 0 Å². The molecule has 0 aromatic heterocycles. The van der Waals surface area contributed by atoms with Crippen LogP contribution in [0.15, 0.2) is 23.3 Å². The highest BCUT2D eigenvalue weighted by atomic mass is 16.7. The van der Waals surface area contributed by atoms with Gasteiger partial charge in [-0.1, -0.05) is 73.5 Å². The van der Waals surface area contributed by atoms with Gasteiger partial charge in [0.15, 0.2) is 0 Å². The highest BCUT2D eigenvalue weighted by Gasteiger charge is 2.70. The summed E-state index contributed by atoms with van der Waals surface area (Å²) in [6.45, 7) is 17.3. The van der Waals surface area contributed by atoms with Crippen molar-refractivity contribution >= 4 is 11.9 Å². The fraction of sp³-hybridized carbons (Fsp3) is 0.824. The number of fused-ring (bicyclic) bond motifs is 6. The Labute approximate surface area is 241 Å². The molecule has 0 aromatic carbocycles. The zero-order valence-electron chi connectivity index (χ0n) is 26.0. The van der Waals surface area contributed by atoms with Crippen molar-refractivity contribution in [3.8, 4) is 0 Å². The predicted molar refractivity (Wildman–Crippen MR) is 154 cm³/mol. The lowest BCUT2D eigenvalue weighted by molar-refractivity contribution is -0.218. The molecule has 3 saturated carbocycles. The van der Waals surface area contributed by atoms with E-state index >= 15 is 0 Å². The molecule has 4 unspecified atom stereocenters. The van der Waals surface area contributed by atoms with Gasteiger partial charge in [0.25, 0.3) is 0 Å². The molecule has 3 fully saturated rings. The maximum Gasteiger partial charge on any atom is 0.338 e. The Morgan fingerprint density at radius 2 is 1.80 bits per heavy atom. The summed E-state index contributed by atoms with van der Waals surface area (Å²) in [5, 5.41) is 21.6. The molecule has 0 amide bonds. The van der Waals surface area contributed by atoms with Gasteiger partial charge in [-0.15, -0.1) is 0 Å². The maximum atomic E-state index is 13.4. The van der Waals surface area contributed by atoms with Crippen molar-refractivity contribution in [2.75, 3.05) is 0 Å². The van der Waals surface area contributed by atoms with E-state index in [1.54, 1.807) is 0 Å². The number of allylic oxidation sites excluding steroid dienone is 1. The van der Waals surface area contributed by atoms with E-state index in [9.17, 15) is 19.8 Å². The number of carbonyl (C=O) groups is 2. The number of aliphatic hydroxyl groups excluding tert-OH is 1. The molecule has 0 aromatic rings. The zero-order chi connectivity index (χ0) is 29.5. The van der Waals surface area contributed by atoms with Crippen molar-refractivity contribution in [3.05, 3.63) is 23.3 Å². The van der Waals surface area contributed by atoms with Crippen LogP contribution in [0.4, 0.5) is 0 Å².